The molecule has 0 aromatic carbocycles. The first-order valence-electron chi connectivity index (χ1n) is 11.5. The molecule has 1 aliphatic heterocycles. The van der Waals surface area contributed by atoms with E-state index >= 15 is 0 Å². The van der Waals surface area contributed by atoms with Gasteiger partial charge in [0.05, 0.1) is 19.6 Å². The Morgan fingerprint density at radius 3 is 1.50 bits per heavy atom. The summed E-state index contributed by atoms with van der Waals surface area (Å²) < 4.78 is 0. The first-order chi connectivity index (χ1) is 16.2. The summed E-state index contributed by atoms with van der Waals surface area (Å²) in [6.45, 7) is 11.5. The van der Waals surface area contributed by atoms with Crippen LogP contribution in [0.4, 0.5) is 0 Å². The Labute approximate surface area is 202 Å². The lowest BCUT2D eigenvalue weighted by Crippen LogP contribution is -2.50. The monoisotopic (exact) mass is 492 g/mol. The molecule has 0 saturated carbocycles. The van der Waals surface area contributed by atoms with Crippen molar-refractivity contribution in [1.29, 1.82) is 0 Å². The number of aliphatic hydroxyl groups is 1. The van der Waals surface area contributed by atoms with E-state index in [0.717, 1.165) is 39.5 Å². The molecule has 0 aromatic rings. The van der Waals surface area contributed by atoms with E-state index in [0.29, 0.717) is 51.2 Å². The predicted octanol–water partition coefficient (Wildman–Crippen LogP) is -0.680. The van der Waals surface area contributed by atoms with Crippen molar-refractivity contribution in [2.75, 3.05) is 79.1 Å². The fourth-order valence-electron chi connectivity index (χ4n) is 3.65. The van der Waals surface area contributed by atoms with Gasteiger partial charge in [-0.3, -0.25) is 34.0 Å². The number of carboxylic acid groups (broad SMARTS) is 3. The lowest BCUT2D eigenvalue weighted by molar-refractivity contribution is -0.140. The van der Waals surface area contributed by atoms with Gasteiger partial charge in [-0.25, -0.2) is 0 Å². The minimum atomic E-state index is -0.905. The number of aldehydes is 1. The molecule has 0 radical (unpaired) electrons. The summed E-state index contributed by atoms with van der Waals surface area (Å²) in [6, 6.07) is 0.358. The molecule has 2 unspecified atom stereocenters. The van der Waals surface area contributed by atoms with Crippen LogP contribution in [0, 0.1) is 5.92 Å². The molecule has 0 spiro atoms. The Morgan fingerprint density at radius 2 is 1.15 bits per heavy atom. The van der Waals surface area contributed by atoms with Crippen molar-refractivity contribution >= 4 is 24.7 Å². The van der Waals surface area contributed by atoms with E-state index in [1.165, 1.54) is 0 Å². The topological polar surface area (TPSA) is 162 Å². The van der Waals surface area contributed by atoms with Crippen molar-refractivity contribution in [2.24, 2.45) is 5.92 Å². The fraction of sp³-hybridized carbons (Fsp3) is 0.818. The Morgan fingerprint density at radius 1 is 0.794 bits per heavy atom. The number of carbonyl (C=O) groups excluding carboxylic acids is 1. The predicted molar refractivity (Wildman–Crippen MR) is 128 cm³/mol. The van der Waals surface area contributed by atoms with Crippen LogP contribution in [0.25, 0.3) is 0 Å². The highest BCUT2D eigenvalue weighted by Gasteiger charge is 2.23. The maximum Gasteiger partial charge on any atom is 0.317 e. The van der Waals surface area contributed by atoms with Crippen molar-refractivity contribution in [3.63, 3.8) is 0 Å². The van der Waals surface area contributed by atoms with E-state index in [1.54, 1.807) is 0 Å². The van der Waals surface area contributed by atoms with Gasteiger partial charge in [0.1, 0.15) is 6.29 Å². The number of rotatable bonds is 9. The van der Waals surface area contributed by atoms with Crippen LogP contribution < -0.4 is 0 Å². The fourth-order valence-corrected chi connectivity index (χ4v) is 3.65. The molecule has 12 heteroatoms. The highest BCUT2D eigenvalue weighted by molar-refractivity contribution is 5.69. The third kappa shape index (κ3) is 16.5. The zero-order valence-corrected chi connectivity index (χ0v) is 21.0. The van der Waals surface area contributed by atoms with E-state index in [2.05, 4.69) is 30.6 Å². The second-order valence-electron chi connectivity index (χ2n) is 8.07. The molecule has 2 atom stereocenters. The Kier molecular flexibility index (Phi) is 21.4. The van der Waals surface area contributed by atoms with Crippen molar-refractivity contribution in [3.8, 4) is 0 Å². The zero-order chi connectivity index (χ0) is 26.5. The van der Waals surface area contributed by atoms with Crippen LogP contribution in [0.15, 0.2) is 0 Å². The average Bonchev–Trinajstić information content (AvgIpc) is 2.79. The molecule has 1 rings (SSSR count). The SMILES string of the molecule is CCC(C)C(C)N1CCN(CC=O)CCN(CC(=O)O)CCN(CC(=O)O)CC1.CO.O=CO. The van der Waals surface area contributed by atoms with E-state index < -0.39 is 11.9 Å². The van der Waals surface area contributed by atoms with Crippen molar-refractivity contribution in [2.45, 2.75) is 33.2 Å². The summed E-state index contributed by atoms with van der Waals surface area (Å²) in [4.78, 5) is 50.1. The quantitative estimate of drug-likeness (QED) is 0.300. The molecule has 12 nitrogen and oxygen atoms in total. The van der Waals surface area contributed by atoms with Crippen LogP contribution in [-0.2, 0) is 19.2 Å². The summed E-state index contributed by atoms with van der Waals surface area (Å²) >= 11 is 0. The molecule has 4 N–H and O–H groups in total. The van der Waals surface area contributed by atoms with Crippen LogP contribution >= 0.6 is 0 Å². The van der Waals surface area contributed by atoms with E-state index in [4.69, 9.17) is 15.0 Å². The molecule has 0 amide bonds. The number of carbonyl (C=O) groups is 4. The van der Waals surface area contributed by atoms with Crippen LogP contribution in [0.1, 0.15) is 27.2 Å². The highest BCUT2D eigenvalue weighted by atomic mass is 16.4. The number of carboxylic acids is 2. The van der Waals surface area contributed by atoms with Crippen molar-refractivity contribution in [1.82, 2.24) is 19.6 Å². The number of hydrogen-bond acceptors (Lipinski definition) is 9. The molecular formula is C22H44N4O8. The van der Waals surface area contributed by atoms with Gasteiger partial charge in [-0.05, 0) is 12.8 Å². The third-order valence-corrected chi connectivity index (χ3v) is 5.97. The van der Waals surface area contributed by atoms with Gasteiger partial charge >= 0.3 is 11.9 Å². The molecule has 0 aromatic heterocycles. The Balaban J connectivity index is 0. The second-order valence-corrected chi connectivity index (χ2v) is 8.07. The third-order valence-electron chi connectivity index (χ3n) is 5.97. The molecule has 1 fully saturated rings. The van der Waals surface area contributed by atoms with Gasteiger partial charge in [-0.2, -0.15) is 0 Å². The van der Waals surface area contributed by atoms with Crippen LogP contribution in [0.5, 0.6) is 0 Å². The van der Waals surface area contributed by atoms with Crippen molar-refractivity contribution < 1.29 is 39.6 Å². The molecule has 1 aliphatic rings. The summed E-state index contributed by atoms with van der Waals surface area (Å²) in [5.41, 5.74) is 0. The molecule has 0 aliphatic carbocycles. The first-order valence-corrected chi connectivity index (χ1v) is 11.5. The number of nitrogens with zero attached hydrogens (tertiary/aromatic N) is 4. The number of aliphatic hydroxyl groups excluding tert-OH is 1. The molecule has 1 saturated heterocycles. The molecule has 200 valence electrons. The summed E-state index contributed by atoms with van der Waals surface area (Å²) in [5, 5.41) is 32.3. The lowest BCUT2D eigenvalue weighted by atomic mass is 9.99. The van der Waals surface area contributed by atoms with Crippen LogP contribution in [-0.4, -0.2) is 150 Å². The average molecular weight is 493 g/mol. The van der Waals surface area contributed by atoms with Crippen molar-refractivity contribution in [3.05, 3.63) is 0 Å². The van der Waals surface area contributed by atoms with E-state index in [-0.39, 0.29) is 19.6 Å². The Bertz CT molecular complexity index is 567. The maximum absolute atomic E-state index is 11.3. The van der Waals surface area contributed by atoms with Gasteiger partial charge in [-0.1, -0.05) is 20.3 Å². The molecule has 0 bridgehead atoms. The van der Waals surface area contributed by atoms with Gasteiger partial charge in [0.2, 0.25) is 0 Å². The minimum absolute atomic E-state index is 0.0519. The van der Waals surface area contributed by atoms with Gasteiger partial charge < -0.3 is 25.2 Å². The molecular weight excluding hydrogens is 448 g/mol. The van der Waals surface area contributed by atoms with Crippen LogP contribution in [0.3, 0.4) is 0 Å². The van der Waals surface area contributed by atoms with Gasteiger partial charge in [0.15, 0.2) is 0 Å². The normalized spacial score (nSPS) is 19.0. The second kappa shape index (κ2) is 21.4. The minimum Gasteiger partial charge on any atom is -0.483 e. The summed E-state index contributed by atoms with van der Waals surface area (Å²) in [5.74, 6) is -1.26. The standard InChI is InChI=1S/C20H38N4O5.CH2O2.CH4O/c1-4-17(2)18(3)24-11-9-21(13-14-25)5-6-22(15-19(26)27)7-8-23(10-12-24)16-20(28)29;2-1-3;1-2/h14,17-18H,4-13,15-16H2,1-3H3,(H,26,27)(H,28,29);1H,(H,2,3);2H,1H3. The largest absolute Gasteiger partial charge is 0.483 e. The lowest BCUT2D eigenvalue weighted by Gasteiger charge is -2.37. The summed E-state index contributed by atoms with van der Waals surface area (Å²) in [6.07, 6.45) is 1.96. The van der Waals surface area contributed by atoms with E-state index in [9.17, 15) is 24.6 Å². The first kappa shape index (κ1) is 34.0. The van der Waals surface area contributed by atoms with Gasteiger partial charge in [-0.15, -0.1) is 0 Å². The maximum atomic E-state index is 11.3. The number of hydrogen-bond donors (Lipinski definition) is 4. The van der Waals surface area contributed by atoms with Gasteiger partial charge in [0, 0.05) is 65.5 Å². The zero-order valence-electron chi connectivity index (χ0n) is 21.0. The smallest absolute Gasteiger partial charge is 0.317 e. The number of aliphatic carboxylic acids is 2. The van der Waals surface area contributed by atoms with Crippen LogP contribution in [0.2, 0.25) is 0 Å². The highest BCUT2D eigenvalue weighted by Crippen LogP contribution is 2.14. The summed E-state index contributed by atoms with van der Waals surface area (Å²) in [7, 11) is 1.00. The molecule has 1 heterocycles. The van der Waals surface area contributed by atoms with E-state index in [1.807, 2.05) is 9.80 Å². The molecule has 34 heavy (non-hydrogen) atoms. The Hall–Kier alpha value is -2.12. The van der Waals surface area contributed by atoms with Gasteiger partial charge in [0.25, 0.3) is 6.47 Å².